The summed E-state index contributed by atoms with van der Waals surface area (Å²) in [5.41, 5.74) is 1.39. The zero-order valence-corrected chi connectivity index (χ0v) is 10.8. The van der Waals surface area contributed by atoms with Crippen LogP contribution < -0.4 is 10.6 Å². The third kappa shape index (κ3) is 4.43. The number of aromatic nitrogens is 1. The molecule has 1 aromatic heterocycles. The van der Waals surface area contributed by atoms with E-state index >= 15 is 0 Å². The molecule has 0 saturated carbocycles. The van der Waals surface area contributed by atoms with Crippen LogP contribution in [0, 0.1) is 0 Å². The van der Waals surface area contributed by atoms with E-state index in [1.165, 1.54) is 12.8 Å². The molecule has 17 heavy (non-hydrogen) atoms. The minimum atomic E-state index is -0.158. The van der Waals surface area contributed by atoms with Crippen molar-refractivity contribution in [1.82, 2.24) is 10.3 Å². The third-order valence-electron chi connectivity index (χ3n) is 2.62. The Labute approximate surface area is 103 Å². The molecule has 0 radical (unpaired) electrons. The van der Waals surface area contributed by atoms with Crippen molar-refractivity contribution < 1.29 is 4.79 Å². The van der Waals surface area contributed by atoms with E-state index < -0.39 is 0 Å². The molecule has 4 nitrogen and oxygen atoms in total. The first-order valence-electron chi connectivity index (χ1n) is 6.12. The molecule has 1 rings (SSSR count). The van der Waals surface area contributed by atoms with Crippen LogP contribution in [0.2, 0.25) is 0 Å². The van der Waals surface area contributed by atoms with E-state index in [2.05, 4.69) is 29.5 Å². The smallest absolute Gasteiger partial charge is 0.269 e. The lowest BCUT2D eigenvalue weighted by atomic mass is 10.1. The number of hydrogen-bond donors (Lipinski definition) is 2. The van der Waals surface area contributed by atoms with Gasteiger partial charge in [-0.05, 0) is 25.5 Å². The van der Waals surface area contributed by atoms with Gasteiger partial charge in [0.05, 0.1) is 0 Å². The lowest BCUT2D eigenvalue weighted by molar-refractivity contribution is 0.0958. The number of anilines is 1. The van der Waals surface area contributed by atoms with Gasteiger partial charge in [-0.1, -0.05) is 19.8 Å². The summed E-state index contributed by atoms with van der Waals surface area (Å²) in [7, 11) is 1.61. The van der Waals surface area contributed by atoms with Crippen molar-refractivity contribution in [1.29, 1.82) is 0 Å². The summed E-state index contributed by atoms with van der Waals surface area (Å²) < 4.78 is 0. The van der Waals surface area contributed by atoms with Crippen molar-refractivity contribution in [3.05, 3.63) is 24.0 Å². The van der Waals surface area contributed by atoms with Crippen LogP contribution in [0.5, 0.6) is 0 Å². The lowest BCUT2D eigenvalue weighted by Gasteiger charge is -2.15. The second-order valence-electron chi connectivity index (χ2n) is 4.20. The van der Waals surface area contributed by atoms with E-state index in [4.69, 9.17) is 0 Å². The lowest BCUT2D eigenvalue weighted by Crippen LogP contribution is -2.20. The van der Waals surface area contributed by atoms with Crippen LogP contribution in [-0.4, -0.2) is 24.0 Å². The highest BCUT2D eigenvalue weighted by molar-refractivity contribution is 5.92. The number of nitrogens with one attached hydrogen (secondary N) is 2. The van der Waals surface area contributed by atoms with Crippen molar-refractivity contribution in [2.24, 2.45) is 0 Å². The summed E-state index contributed by atoms with van der Waals surface area (Å²) in [6.45, 7) is 4.33. The van der Waals surface area contributed by atoms with Crippen molar-refractivity contribution in [3.8, 4) is 0 Å². The van der Waals surface area contributed by atoms with E-state index in [1.807, 2.05) is 6.07 Å². The summed E-state index contributed by atoms with van der Waals surface area (Å²) in [5, 5.41) is 5.94. The largest absolute Gasteiger partial charge is 0.382 e. The zero-order chi connectivity index (χ0) is 12.7. The van der Waals surface area contributed by atoms with Crippen LogP contribution in [0.4, 0.5) is 5.69 Å². The molecule has 0 saturated heterocycles. The maximum Gasteiger partial charge on any atom is 0.269 e. The highest BCUT2D eigenvalue weighted by atomic mass is 16.1. The summed E-state index contributed by atoms with van der Waals surface area (Å²) in [4.78, 5) is 15.4. The van der Waals surface area contributed by atoms with Gasteiger partial charge in [-0.3, -0.25) is 9.78 Å². The monoisotopic (exact) mass is 235 g/mol. The Bertz CT molecular complexity index is 365. The maximum absolute atomic E-state index is 11.4. The molecule has 0 bridgehead atoms. The van der Waals surface area contributed by atoms with E-state index in [1.54, 1.807) is 19.3 Å². The number of amides is 1. The van der Waals surface area contributed by atoms with Crippen LogP contribution in [-0.2, 0) is 0 Å². The molecule has 0 aromatic carbocycles. The summed E-state index contributed by atoms with van der Waals surface area (Å²) in [6, 6.07) is 4.07. The first-order chi connectivity index (χ1) is 8.17. The van der Waals surface area contributed by atoms with Crippen LogP contribution >= 0.6 is 0 Å². The van der Waals surface area contributed by atoms with Gasteiger partial charge < -0.3 is 10.6 Å². The molecule has 0 aliphatic carbocycles. The van der Waals surface area contributed by atoms with Crippen molar-refractivity contribution in [2.75, 3.05) is 12.4 Å². The van der Waals surface area contributed by atoms with Gasteiger partial charge in [0.2, 0.25) is 0 Å². The molecule has 0 spiro atoms. The average Bonchev–Trinajstić information content (AvgIpc) is 2.35. The van der Waals surface area contributed by atoms with E-state index in [9.17, 15) is 4.79 Å². The van der Waals surface area contributed by atoms with E-state index in [0.29, 0.717) is 11.7 Å². The number of carbonyl (C=O) groups is 1. The fourth-order valence-corrected chi connectivity index (χ4v) is 1.64. The minimum Gasteiger partial charge on any atom is -0.382 e. The molecule has 1 aromatic rings. The van der Waals surface area contributed by atoms with Gasteiger partial charge in [-0.2, -0.15) is 0 Å². The Morgan fingerprint density at radius 2 is 2.29 bits per heavy atom. The van der Waals surface area contributed by atoms with Gasteiger partial charge in [0.15, 0.2) is 0 Å². The van der Waals surface area contributed by atoms with Gasteiger partial charge in [-0.25, -0.2) is 0 Å². The Balaban J connectivity index is 2.62. The fourth-order valence-electron chi connectivity index (χ4n) is 1.64. The topological polar surface area (TPSA) is 54.0 Å². The van der Waals surface area contributed by atoms with E-state index in [0.717, 1.165) is 12.1 Å². The average molecular weight is 235 g/mol. The van der Waals surface area contributed by atoms with Crippen molar-refractivity contribution in [2.45, 2.75) is 39.2 Å². The zero-order valence-electron chi connectivity index (χ0n) is 10.8. The predicted octanol–water partition coefficient (Wildman–Crippen LogP) is 2.43. The van der Waals surface area contributed by atoms with Crippen LogP contribution in [0.3, 0.4) is 0 Å². The molecular formula is C13H21N3O. The molecule has 0 aliphatic rings. The summed E-state index contributed by atoms with van der Waals surface area (Å²) in [6.07, 6.45) is 5.20. The standard InChI is InChI=1S/C13H21N3O/c1-4-5-6-10(2)16-11-7-8-15-12(9-11)13(17)14-3/h7-10H,4-6H2,1-3H3,(H,14,17)(H,15,16). The highest BCUT2D eigenvalue weighted by Gasteiger charge is 2.06. The summed E-state index contributed by atoms with van der Waals surface area (Å²) in [5.74, 6) is -0.158. The molecule has 1 unspecified atom stereocenters. The second kappa shape index (κ2) is 6.89. The van der Waals surface area contributed by atoms with Gasteiger partial charge >= 0.3 is 0 Å². The summed E-state index contributed by atoms with van der Waals surface area (Å²) >= 11 is 0. The molecule has 1 amide bonds. The first-order valence-corrected chi connectivity index (χ1v) is 6.12. The van der Waals surface area contributed by atoms with Crippen molar-refractivity contribution in [3.63, 3.8) is 0 Å². The van der Waals surface area contributed by atoms with Crippen LogP contribution in [0.15, 0.2) is 18.3 Å². The number of carbonyl (C=O) groups excluding carboxylic acids is 1. The number of rotatable bonds is 6. The Morgan fingerprint density at radius 1 is 1.53 bits per heavy atom. The minimum absolute atomic E-state index is 0.158. The number of pyridine rings is 1. The maximum atomic E-state index is 11.4. The first kappa shape index (κ1) is 13.5. The quantitative estimate of drug-likeness (QED) is 0.796. The molecule has 94 valence electrons. The molecule has 2 N–H and O–H groups in total. The van der Waals surface area contributed by atoms with E-state index in [-0.39, 0.29) is 5.91 Å². The highest BCUT2D eigenvalue weighted by Crippen LogP contribution is 2.12. The van der Waals surface area contributed by atoms with Gasteiger partial charge in [0.1, 0.15) is 5.69 Å². The molecule has 4 heteroatoms. The molecule has 0 aliphatic heterocycles. The van der Waals surface area contributed by atoms with Gasteiger partial charge in [-0.15, -0.1) is 0 Å². The normalized spacial score (nSPS) is 11.9. The van der Waals surface area contributed by atoms with Crippen molar-refractivity contribution >= 4 is 11.6 Å². The Kier molecular flexibility index (Phi) is 5.46. The molecule has 1 heterocycles. The van der Waals surface area contributed by atoms with Crippen LogP contribution in [0.1, 0.15) is 43.6 Å². The second-order valence-corrected chi connectivity index (χ2v) is 4.20. The molecule has 1 atom stereocenters. The van der Waals surface area contributed by atoms with Gasteiger partial charge in [0, 0.05) is 25.0 Å². The molecular weight excluding hydrogens is 214 g/mol. The Morgan fingerprint density at radius 3 is 2.94 bits per heavy atom. The number of nitrogens with zero attached hydrogens (tertiary/aromatic N) is 1. The number of hydrogen-bond acceptors (Lipinski definition) is 3. The van der Waals surface area contributed by atoms with Gasteiger partial charge in [0.25, 0.3) is 5.91 Å². The Hall–Kier alpha value is -1.58. The third-order valence-corrected chi connectivity index (χ3v) is 2.62. The molecule has 0 fully saturated rings. The van der Waals surface area contributed by atoms with Crippen LogP contribution in [0.25, 0.3) is 0 Å². The SMILES string of the molecule is CCCCC(C)Nc1ccnc(C(=O)NC)c1. The fraction of sp³-hybridized carbons (Fsp3) is 0.538. The number of unbranched alkanes of at least 4 members (excludes halogenated alkanes) is 1. The predicted molar refractivity (Wildman–Crippen MR) is 70.2 cm³/mol.